The van der Waals surface area contributed by atoms with E-state index in [1.165, 1.54) is 6.20 Å². The van der Waals surface area contributed by atoms with Gasteiger partial charge in [0.25, 0.3) is 0 Å². The highest BCUT2D eigenvalue weighted by Crippen LogP contribution is 2.34. The first kappa shape index (κ1) is 14.0. The topological polar surface area (TPSA) is 29.9 Å². The molecule has 0 unspecified atom stereocenters. The molecule has 0 spiro atoms. The lowest BCUT2D eigenvalue weighted by molar-refractivity contribution is -0.145. The van der Waals surface area contributed by atoms with Crippen molar-refractivity contribution >= 4 is 0 Å². The zero-order valence-corrected chi connectivity index (χ0v) is 10.3. The molecule has 1 rings (SSSR count). The normalized spacial score (nSPS) is 12.4. The Morgan fingerprint density at radius 2 is 1.94 bits per heavy atom. The largest absolute Gasteiger partial charge is 0.433 e. The summed E-state index contributed by atoms with van der Waals surface area (Å²) in [6, 6.07) is -0.197. The van der Waals surface area contributed by atoms with Crippen LogP contribution in [0.4, 0.5) is 13.2 Å². The van der Waals surface area contributed by atoms with E-state index in [1.54, 1.807) is 7.05 Å². The summed E-state index contributed by atoms with van der Waals surface area (Å²) in [5, 5.41) is 6.63. The van der Waals surface area contributed by atoms with Crippen molar-refractivity contribution < 1.29 is 13.2 Å². The van der Waals surface area contributed by atoms with Crippen molar-refractivity contribution in [3.63, 3.8) is 0 Å². The Labute approximate surface area is 99.0 Å². The van der Waals surface area contributed by atoms with E-state index in [1.807, 2.05) is 13.8 Å². The molecular formula is C11H18F3N3. The lowest BCUT2D eigenvalue weighted by Gasteiger charge is -2.19. The van der Waals surface area contributed by atoms with Crippen LogP contribution in [0.2, 0.25) is 0 Å². The van der Waals surface area contributed by atoms with Crippen molar-refractivity contribution in [3.05, 3.63) is 17.5 Å². The molecule has 3 nitrogen and oxygen atoms in total. The molecule has 17 heavy (non-hydrogen) atoms. The molecule has 0 atom stereocenters. The van der Waals surface area contributed by atoms with E-state index in [0.29, 0.717) is 12.8 Å². The molecule has 0 aliphatic heterocycles. The molecule has 1 heterocycles. The van der Waals surface area contributed by atoms with Crippen molar-refractivity contribution in [3.8, 4) is 0 Å². The average molecular weight is 249 g/mol. The second-order valence-corrected chi connectivity index (χ2v) is 3.96. The van der Waals surface area contributed by atoms with Crippen LogP contribution >= 0.6 is 0 Å². The number of nitrogens with one attached hydrogen (secondary N) is 1. The average Bonchev–Trinajstić information content (AvgIpc) is 2.64. The van der Waals surface area contributed by atoms with Crippen molar-refractivity contribution in [2.75, 3.05) is 7.05 Å². The number of hydrogen-bond acceptors (Lipinski definition) is 2. The van der Waals surface area contributed by atoms with Crippen molar-refractivity contribution in [2.24, 2.45) is 0 Å². The Morgan fingerprint density at radius 1 is 1.35 bits per heavy atom. The molecule has 0 aliphatic carbocycles. The van der Waals surface area contributed by atoms with Gasteiger partial charge in [0.2, 0.25) is 0 Å². The van der Waals surface area contributed by atoms with Crippen LogP contribution in [-0.2, 0) is 12.7 Å². The Hall–Kier alpha value is -1.04. The molecule has 98 valence electrons. The first-order valence-corrected chi connectivity index (χ1v) is 5.73. The lowest BCUT2D eigenvalue weighted by atomic mass is 10.1. The predicted molar refractivity (Wildman–Crippen MR) is 59.6 cm³/mol. The molecule has 0 saturated heterocycles. The van der Waals surface area contributed by atoms with Gasteiger partial charge in [-0.05, 0) is 19.9 Å². The van der Waals surface area contributed by atoms with Gasteiger partial charge in [-0.2, -0.15) is 18.3 Å². The van der Waals surface area contributed by atoms with Gasteiger partial charge >= 0.3 is 6.18 Å². The third-order valence-electron chi connectivity index (χ3n) is 2.80. The van der Waals surface area contributed by atoms with Gasteiger partial charge in [0.1, 0.15) is 5.69 Å². The van der Waals surface area contributed by atoms with Crippen LogP contribution in [0.15, 0.2) is 6.20 Å². The summed E-state index contributed by atoms with van der Waals surface area (Å²) in [6.45, 7) is 3.91. The van der Waals surface area contributed by atoms with Gasteiger partial charge in [-0.25, -0.2) is 0 Å². The smallest absolute Gasteiger partial charge is 0.316 e. The summed E-state index contributed by atoms with van der Waals surface area (Å²) in [5.74, 6) is 0. The summed E-state index contributed by atoms with van der Waals surface area (Å²) < 4.78 is 40.1. The van der Waals surface area contributed by atoms with E-state index in [4.69, 9.17) is 0 Å². The highest BCUT2D eigenvalue weighted by atomic mass is 19.4. The standard InChI is InChI=1S/C11H18F3N3/c1-4-9(5-2)17-10(11(12,13)14)8(6-15-3)7-16-17/h7,9,15H,4-6H2,1-3H3. The van der Waals surface area contributed by atoms with Gasteiger partial charge in [0.15, 0.2) is 0 Å². The highest BCUT2D eigenvalue weighted by Gasteiger charge is 2.38. The number of aromatic nitrogens is 2. The van der Waals surface area contributed by atoms with Crippen LogP contribution in [-0.4, -0.2) is 16.8 Å². The molecule has 0 radical (unpaired) electrons. The maximum absolute atomic E-state index is 13.0. The molecule has 0 saturated carbocycles. The minimum atomic E-state index is -4.36. The van der Waals surface area contributed by atoms with Gasteiger partial charge in [0, 0.05) is 12.1 Å². The predicted octanol–water partition coefficient (Wildman–Crippen LogP) is 2.98. The number of hydrogen-bond donors (Lipinski definition) is 1. The summed E-state index contributed by atoms with van der Waals surface area (Å²) in [7, 11) is 1.62. The summed E-state index contributed by atoms with van der Waals surface area (Å²) in [5.41, 5.74) is -0.424. The minimum Gasteiger partial charge on any atom is -0.316 e. The summed E-state index contributed by atoms with van der Waals surface area (Å²) in [6.07, 6.45) is -1.77. The number of nitrogens with zero attached hydrogens (tertiary/aromatic N) is 2. The SMILES string of the molecule is CCC(CC)n1ncc(CNC)c1C(F)(F)F. The van der Waals surface area contributed by atoms with Crippen molar-refractivity contribution in [1.29, 1.82) is 0 Å². The van der Waals surface area contributed by atoms with E-state index in [2.05, 4.69) is 10.4 Å². The molecular weight excluding hydrogens is 231 g/mol. The lowest BCUT2D eigenvalue weighted by Crippen LogP contribution is -2.21. The molecule has 1 aromatic heterocycles. The van der Waals surface area contributed by atoms with Crippen LogP contribution in [0, 0.1) is 0 Å². The maximum atomic E-state index is 13.0. The molecule has 0 aliphatic rings. The molecule has 0 fully saturated rings. The van der Waals surface area contributed by atoms with Gasteiger partial charge in [-0.3, -0.25) is 4.68 Å². The highest BCUT2D eigenvalue weighted by molar-refractivity contribution is 5.21. The van der Waals surface area contributed by atoms with E-state index in [9.17, 15) is 13.2 Å². The summed E-state index contributed by atoms with van der Waals surface area (Å²) in [4.78, 5) is 0. The number of halogens is 3. The first-order valence-electron chi connectivity index (χ1n) is 5.73. The molecule has 6 heteroatoms. The third kappa shape index (κ3) is 3.00. The number of alkyl halides is 3. The van der Waals surface area contributed by atoms with Crippen LogP contribution in [0.3, 0.4) is 0 Å². The van der Waals surface area contributed by atoms with Crippen molar-refractivity contribution in [1.82, 2.24) is 15.1 Å². The quantitative estimate of drug-likeness (QED) is 0.869. The molecule has 1 N–H and O–H groups in total. The van der Waals surface area contributed by atoms with E-state index >= 15 is 0 Å². The fourth-order valence-corrected chi connectivity index (χ4v) is 1.94. The molecule has 0 bridgehead atoms. The van der Waals surface area contributed by atoms with Crippen LogP contribution < -0.4 is 5.32 Å². The molecule has 1 aromatic rings. The van der Waals surface area contributed by atoms with Gasteiger partial charge in [-0.15, -0.1) is 0 Å². The van der Waals surface area contributed by atoms with Crippen molar-refractivity contribution in [2.45, 2.75) is 45.5 Å². The van der Waals surface area contributed by atoms with Crippen LogP contribution in [0.5, 0.6) is 0 Å². The van der Waals surface area contributed by atoms with E-state index in [-0.39, 0.29) is 18.2 Å². The maximum Gasteiger partial charge on any atom is 0.433 e. The van der Waals surface area contributed by atoms with Crippen LogP contribution in [0.25, 0.3) is 0 Å². The Bertz CT molecular complexity index is 353. The first-order chi connectivity index (χ1) is 7.95. The zero-order valence-electron chi connectivity index (χ0n) is 10.3. The summed E-state index contributed by atoms with van der Waals surface area (Å²) >= 11 is 0. The van der Waals surface area contributed by atoms with Gasteiger partial charge in [0.05, 0.1) is 12.2 Å². The van der Waals surface area contributed by atoms with Gasteiger partial charge in [-0.1, -0.05) is 13.8 Å². The van der Waals surface area contributed by atoms with Crippen LogP contribution in [0.1, 0.15) is 44.0 Å². The Morgan fingerprint density at radius 3 is 2.35 bits per heavy atom. The molecule has 0 aromatic carbocycles. The Kier molecular flexibility index (Phi) is 4.56. The Balaban J connectivity index is 3.22. The monoisotopic (exact) mass is 249 g/mol. The fourth-order valence-electron chi connectivity index (χ4n) is 1.94. The second kappa shape index (κ2) is 5.53. The fraction of sp³-hybridized carbons (Fsp3) is 0.727. The van der Waals surface area contributed by atoms with E-state index in [0.717, 1.165) is 4.68 Å². The second-order valence-electron chi connectivity index (χ2n) is 3.96. The molecule has 0 amide bonds. The van der Waals surface area contributed by atoms with Gasteiger partial charge < -0.3 is 5.32 Å². The zero-order chi connectivity index (χ0) is 13.1. The number of rotatable bonds is 5. The van der Waals surface area contributed by atoms with E-state index < -0.39 is 11.9 Å². The minimum absolute atomic E-state index is 0.176. The third-order valence-corrected chi connectivity index (χ3v) is 2.80.